The standard InChI is InChI=1S/C13H8Cl3NO2/c14-7-1-4-12(9(5-7)13(18)19)17-8-2-3-10(15)11(16)6-8/h1-6,17H,(H,18,19). The van der Waals surface area contributed by atoms with Gasteiger partial charge in [0.05, 0.1) is 21.3 Å². The zero-order valence-corrected chi connectivity index (χ0v) is 11.7. The maximum Gasteiger partial charge on any atom is 0.337 e. The first-order chi connectivity index (χ1) is 8.97. The van der Waals surface area contributed by atoms with Gasteiger partial charge in [-0.2, -0.15) is 0 Å². The molecule has 2 rings (SSSR count). The van der Waals surface area contributed by atoms with Crippen molar-refractivity contribution in [3.8, 4) is 0 Å². The van der Waals surface area contributed by atoms with E-state index >= 15 is 0 Å². The van der Waals surface area contributed by atoms with Crippen LogP contribution in [-0.2, 0) is 0 Å². The minimum absolute atomic E-state index is 0.0820. The van der Waals surface area contributed by atoms with Gasteiger partial charge in [-0.05, 0) is 36.4 Å². The Morgan fingerprint density at radius 3 is 2.37 bits per heavy atom. The molecule has 0 aliphatic carbocycles. The molecule has 2 aromatic carbocycles. The number of benzene rings is 2. The molecule has 0 radical (unpaired) electrons. The third-order valence-electron chi connectivity index (χ3n) is 2.41. The molecule has 0 bridgehead atoms. The first kappa shape index (κ1) is 14.0. The Labute approximate surface area is 124 Å². The lowest BCUT2D eigenvalue weighted by molar-refractivity contribution is 0.0698. The quantitative estimate of drug-likeness (QED) is 0.829. The number of carboxylic acids is 1. The van der Waals surface area contributed by atoms with Crippen molar-refractivity contribution in [3.05, 3.63) is 57.0 Å². The summed E-state index contributed by atoms with van der Waals surface area (Å²) in [6.45, 7) is 0. The van der Waals surface area contributed by atoms with Gasteiger partial charge in [-0.1, -0.05) is 34.8 Å². The van der Waals surface area contributed by atoms with Crippen LogP contribution in [-0.4, -0.2) is 11.1 Å². The molecule has 0 atom stereocenters. The highest BCUT2D eigenvalue weighted by Crippen LogP contribution is 2.29. The van der Waals surface area contributed by atoms with Crippen LogP contribution in [0.15, 0.2) is 36.4 Å². The fraction of sp³-hybridized carbons (Fsp3) is 0. The van der Waals surface area contributed by atoms with Crippen LogP contribution in [0.1, 0.15) is 10.4 Å². The molecule has 0 heterocycles. The molecule has 0 spiro atoms. The second-order valence-electron chi connectivity index (χ2n) is 3.75. The lowest BCUT2D eigenvalue weighted by Gasteiger charge is -2.10. The molecule has 0 amide bonds. The first-order valence-corrected chi connectivity index (χ1v) is 6.35. The molecule has 3 nitrogen and oxygen atoms in total. The number of hydrogen-bond donors (Lipinski definition) is 2. The molecule has 2 N–H and O–H groups in total. The molecule has 0 saturated heterocycles. The predicted molar refractivity (Wildman–Crippen MR) is 78.2 cm³/mol. The topological polar surface area (TPSA) is 49.3 Å². The zero-order chi connectivity index (χ0) is 14.0. The highest BCUT2D eigenvalue weighted by atomic mass is 35.5. The maximum absolute atomic E-state index is 11.1. The number of aromatic carboxylic acids is 1. The van der Waals surface area contributed by atoms with Gasteiger partial charge >= 0.3 is 5.97 Å². The minimum Gasteiger partial charge on any atom is -0.478 e. The van der Waals surface area contributed by atoms with E-state index in [1.807, 2.05) is 0 Å². The second kappa shape index (κ2) is 5.70. The molecule has 98 valence electrons. The van der Waals surface area contributed by atoms with Gasteiger partial charge in [0.1, 0.15) is 0 Å². The average Bonchev–Trinajstić information content (AvgIpc) is 2.36. The smallest absolute Gasteiger partial charge is 0.337 e. The Kier molecular flexibility index (Phi) is 4.20. The zero-order valence-electron chi connectivity index (χ0n) is 9.45. The van der Waals surface area contributed by atoms with Crippen molar-refractivity contribution in [2.75, 3.05) is 5.32 Å². The summed E-state index contributed by atoms with van der Waals surface area (Å²) >= 11 is 17.5. The van der Waals surface area contributed by atoms with Crippen LogP contribution in [0.2, 0.25) is 15.1 Å². The van der Waals surface area contributed by atoms with Crippen molar-refractivity contribution < 1.29 is 9.90 Å². The Bertz CT molecular complexity index is 644. The molecule has 0 fully saturated rings. The van der Waals surface area contributed by atoms with Crippen LogP contribution < -0.4 is 5.32 Å². The van der Waals surface area contributed by atoms with Crippen LogP contribution in [0.25, 0.3) is 0 Å². The number of carboxylic acid groups (broad SMARTS) is 1. The highest BCUT2D eigenvalue weighted by molar-refractivity contribution is 6.42. The molecule has 0 aromatic heterocycles. The van der Waals surface area contributed by atoms with Crippen molar-refractivity contribution >= 4 is 52.1 Å². The number of hydrogen-bond acceptors (Lipinski definition) is 2. The fourth-order valence-electron chi connectivity index (χ4n) is 1.53. The Morgan fingerprint density at radius 1 is 1.00 bits per heavy atom. The molecule has 6 heteroatoms. The molecule has 0 unspecified atom stereocenters. The minimum atomic E-state index is -1.06. The molecule has 0 aliphatic heterocycles. The van der Waals surface area contributed by atoms with E-state index in [0.717, 1.165) is 0 Å². The van der Waals surface area contributed by atoms with Crippen molar-refractivity contribution in [2.24, 2.45) is 0 Å². The van der Waals surface area contributed by atoms with Gasteiger partial charge in [-0.3, -0.25) is 0 Å². The van der Waals surface area contributed by atoms with Crippen LogP contribution >= 0.6 is 34.8 Å². The van der Waals surface area contributed by atoms with Gasteiger partial charge in [0, 0.05) is 10.7 Å². The van der Waals surface area contributed by atoms with Gasteiger partial charge in [0.25, 0.3) is 0 Å². The van der Waals surface area contributed by atoms with Crippen molar-refractivity contribution in [1.82, 2.24) is 0 Å². The summed E-state index contributed by atoms with van der Waals surface area (Å²) in [4.78, 5) is 11.1. The molecular formula is C13H8Cl3NO2. The van der Waals surface area contributed by atoms with E-state index in [4.69, 9.17) is 39.9 Å². The van der Waals surface area contributed by atoms with E-state index in [2.05, 4.69) is 5.32 Å². The van der Waals surface area contributed by atoms with Crippen molar-refractivity contribution in [1.29, 1.82) is 0 Å². The van der Waals surface area contributed by atoms with Gasteiger partial charge in [0.15, 0.2) is 0 Å². The number of halogens is 3. The Balaban J connectivity index is 2.37. The Morgan fingerprint density at radius 2 is 1.74 bits per heavy atom. The molecule has 0 aliphatic rings. The molecule has 19 heavy (non-hydrogen) atoms. The summed E-state index contributed by atoms with van der Waals surface area (Å²) in [6, 6.07) is 9.52. The van der Waals surface area contributed by atoms with Gasteiger partial charge in [-0.15, -0.1) is 0 Å². The van der Waals surface area contributed by atoms with Crippen LogP contribution in [0.3, 0.4) is 0 Å². The van der Waals surface area contributed by atoms with Gasteiger partial charge in [0.2, 0.25) is 0 Å². The number of anilines is 2. The summed E-state index contributed by atoms with van der Waals surface area (Å²) in [6.07, 6.45) is 0. The average molecular weight is 317 g/mol. The van der Waals surface area contributed by atoms with E-state index in [1.165, 1.54) is 6.07 Å². The summed E-state index contributed by atoms with van der Waals surface area (Å²) in [5, 5.41) is 13.3. The van der Waals surface area contributed by atoms with Gasteiger partial charge in [-0.25, -0.2) is 4.79 Å². The normalized spacial score (nSPS) is 10.3. The number of carbonyl (C=O) groups is 1. The number of nitrogens with one attached hydrogen (secondary N) is 1. The monoisotopic (exact) mass is 315 g/mol. The molecular weight excluding hydrogens is 309 g/mol. The van der Waals surface area contributed by atoms with E-state index in [0.29, 0.717) is 26.4 Å². The van der Waals surface area contributed by atoms with E-state index in [9.17, 15) is 4.79 Å². The summed E-state index contributed by atoms with van der Waals surface area (Å²) < 4.78 is 0. The first-order valence-electron chi connectivity index (χ1n) is 5.22. The van der Waals surface area contributed by atoms with Crippen LogP contribution in [0.5, 0.6) is 0 Å². The van der Waals surface area contributed by atoms with Crippen LogP contribution in [0, 0.1) is 0 Å². The Hall–Kier alpha value is -1.42. The van der Waals surface area contributed by atoms with Crippen molar-refractivity contribution in [2.45, 2.75) is 0 Å². The van der Waals surface area contributed by atoms with E-state index < -0.39 is 5.97 Å². The van der Waals surface area contributed by atoms with Crippen molar-refractivity contribution in [3.63, 3.8) is 0 Å². The summed E-state index contributed by atoms with van der Waals surface area (Å²) in [5.74, 6) is -1.06. The van der Waals surface area contributed by atoms with Crippen LogP contribution in [0.4, 0.5) is 11.4 Å². The number of rotatable bonds is 3. The lowest BCUT2D eigenvalue weighted by atomic mass is 10.1. The highest BCUT2D eigenvalue weighted by Gasteiger charge is 2.11. The fourth-order valence-corrected chi connectivity index (χ4v) is 2.00. The second-order valence-corrected chi connectivity index (χ2v) is 5.00. The third-order valence-corrected chi connectivity index (χ3v) is 3.38. The predicted octanol–water partition coefficient (Wildman–Crippen LogP) is 5.09. The summed E-state index contributed by atoms with van der Waals surface area (Å²) in [5.41, 5.74) is 1.15. The largest absolute Gasteiger partial charge is 0.478 e. The lowest BCUT2D eigenvalue weighted by Crippen LogP contribution is -2.02. The maximum atomic E-state index is 11.1. The summed E-state index contributed by atoms with van der Waals surface area (Å²) in [7, 11) is 0. The van der Waals surface area contributed by atoms with Gasteiger partial charge < -0.3 is 10.4 Å². The van der Waals surface area contributed by atoms with E-state index in [-0.39, 0.29) is 5.56 Å². The van der Waals surface area contributed by atoms with E-state index in [1.54, 1.807) is 30.3 Å². The molecule has 2 aromatic rings. The molecule has 0 saturated carbocycles. The third kappa shape index (κ3) is 3.32. The SMILES string of the molecule is O=C(O)c1cc(Cl)ccc1Nc1ccc(Cl)c(Cl)c1.